The summed E-state index contributed by atoms with van der Waals surface area (Å²) < 4.78 is 26.7. The summed E-state index contributed by atoms with van der Waals surface area (Å²) in [4.78, 5) is 16.3. The van der Waals surface area contributed by atoms with Gasteiger partial charge in [0.2, 0.25) is 5.91 Å². The van der Waals surface area contributed by atoms with E-state index in [2.05, 4.69) is 4.90 Å². The van der Waals surface area contributed by atoms with E-state index < -0.39 is 0 Å². The Morgan fingerprint density at radius 1 is 0.926 bits per heavy atom. The summed E-state index contributed by atoms with van der Waals surface area (Å²) in [7, 11) is 0. The summed E-state index contributed by atoms with van der Waals surface area (Å²) in [5, 5.41) is 0. The first kappa shape index (κ1) is 19.5. The van der Waals surface area contributed by atoms with E-state index in [0.29, 0.717) is 32.6 Å². The zero-order valence-electron chi connectivity index (χ0n) is 15.4. The van der Waals surface area contributed by atoms with Crippen molar-refractivity contribution in [1.29, 1.82) is 0 Å². The van der Waals surface area contributed by atoms with Crippen LogP contribution >= 0.6 is 0 Å². The molecule has 0 spiro atoms. The van der Waals surface area contributed by atoms with Gasteiger partial charge in [0, 0.05) is 38.6 Å². The van der Waals surface area contributed by atoms with Crippen LogP contribution in [0.15, 0.2) is 48.5 Å². The van der Waals surface area contributed by atoms with Crippen molar-refractivity contribution in [2.75, 3.05) is 26.2 Å². The molecule has 1 fully saturated rings. The van der Waals surface area contributed by atoms with Gasteiger partial charge in [0.15, 0.2) is 0 Å². The largest absolute Gasteiger partial charge is 0.340 e. The molecule has 0 radical (unpaired) electrons. The van der Waals surface area contributed by atoms with E-state index >= 15 is 0 Å². The summed E-state index contributed by atoms with van der Waals surface area (Å²) in [6, 6.07) is 12.5. The van der Waals surface area contributed by atoms with Crippen LogP contribution in [0.1, 0.15) is 30.5 Å². The summed E-state index contributed by atoms with van der Waals surface area (Å²) in [5.41, 5.74) is 7.62. The number of carbonyl (C=O) groups is 1. The Balaban J connectivity index is 1.79. The first-order chi connectivity index (χ1) is 12.9. The van der Waals surface area contributed by atoms with E-state index in [1.54, 1.807) is 24.3 Å². The number of benzene rings is 2. The summed E-state index contributed by atoms with van der Waals surface area (Å²) >= 11 is 0. The molecule has 1 atom stereocenters. The van der Waals surface area contributed by atoms with Gasteiger partial charge in [-0.25, -0.2) is 8.78 Å². The molecule has 1 aliphatic rings. The molecule has 2 aromatic carbocycles. The van der Waals surface area contributed by atoms with Gasteiger partial charge in [-0.05, 0) is 42.3 Å². The van der Waals surface area contributed by atoms with Gasteiger partial charge in [-0.1, -0.05) is 24.3 Å². The quantitative estimate of drug-likeness (QED) is 0.877. The molecular formula is C21H25F2N3O. The third kappa shape index (κ3) is 4.90. The lowest BCUT2D eigenvalue weighted by atomic mass is 9.96. The Bertz CT molecular complexity index is 709. The van der Waals surface area contributed by atoms with Crippen LogP contribution in [0.4, 0.5) is 8.78 Å². The molecule has 1 heterocycles. The highest BCUT2D eigenvalue weighted by molar-refractivity contribution is 5.76. The first-order valence-corrected chi connectivity index (χ1v) is 9.22. The molecule has 1 saturated heterocycles. The topological polar surface area (TPSA) is 49.6 Å². The zero-order chi connectivity index (χ0) is 19.4. The average Bonchev–Trinajstić information content (AvgIpc) is 2.65. The molecule has 2 aromatic rings. The third-order valence-electron chi connectivity index (χ3n) is 4.90. The monoisotopic (exact) mass is 373 g/mol. The second-order valence-corrected chi connectivity index (χ2v) is 7.10. The molecule has 2 N–H and O–H groups in total. The number of halogens is 2. The van der Waals surface area contributed by atoms with Crippen LogP contribution in [0.2, 0.25) is 0 Å². The minimum absolute atomic E-state index is 0.0739. The number of amides is 1. The smallest absolute Gasteiger partial charge is 0.224 e. The van der Waals surface area contributed by atoms with Crippen molar-refractivity contribution in [2.45, 2.75) is 25.4 Å². The summed E-state index contributed by atoms with van der Waals surface area (Å²) in [6.07, 6.45) is 0.347. The molecule has 0 aliphatic carbocycles. The number of nitrogens with zero attached hydrogens (tertiary/aromatic N) is 2. The minimum Gasteiger partial charge on any atom is -0.340 e. The van der Waals surface area contributed by atoms with E-state index in [1.807, 2.05) is 11.8 Å². The van der Waals surface area contributed by atoms with Gasteiger partial charge < -0.3 is 10.6 Å². The SMILES string of the molecule is CC(N)CC(=O)N1CCN(C(c2ccc(F)cc2)c2ccc(F)cc2)CC1. The van der Waals surface area contributed by atoms with Crippen molar-refractivity contribution in [3.8, 4) is 0 Å². The van der Waals surface area contributed by atoms with E-state index in [4.69, 9.17) is 5.73 Å². The highest BCUT2D eigenvalue weighted by Gasteiger charge is 2.28. The number of piperazine rings is 1. The number of hydrogen-bond donors (Lipinski definition) is 1. The highest BCUT2D eigenvalue weighted by atomic mass is 19.1. The van der Waals surface area contributed by atoms with Crippen LogP contribution in [0.3, 0.4) is 0 Å². The molecule has 3 rings (SSSR count). The predicted octanol–water partition coefficient (Wildman–Crippen LogP) is 2.94. The molecule has 1 aliphatic heterocycles. The van der Waals surface area contributed by atoms with Crippen molar-refractivity contribution in [2.24, 2.45) is 5.73 Å². The lowest BCUT2D eigenvalue weighted by Gasteiger charge is -2.40. The van der Waals surface area contributed by atoms with E-state index in [0.717, 1.165) is 11.1 Å². The van der Waals surface area contributed by atoms with Crippen LogP contribution in [0.5, 0.6) is 0 Å². The number of hydrogen-bond acceptors (Lipinski definition) is 3. The summed E-state index contributed by atoms with van der Waals surface area (Å²) in [6.45, 7) is 4.43. The van der Waals surface area contributed by atoms with Crippen molar-refractivity contribution in [3.63, 3.8) is 0 Å². The Morgan fingerprint density at radius 2 is 1.37 bits per heavy atom. The Hall–Kier alpha value is -2.31. The fourth-order valence-electron chi connectivity index (χ4n) is 3.54. The third-order valence-corrected chi connectivity index (χ3v) is 4.90. The maximum Gasteiger partial charge on any atom is 0.224 e. The van der Waals surface area contributed by atoms with Crippen molar-refractivity contribution in [3.05, 3.63) is 71.3 Å². The van der Waals surface area contributed by atoms with Crippen LogP contribution in [-0.2, 0) is 4.79 Å². The van der Waals surface area contributed by atoms with Gasteiger partial charge in [-0.15, -0.1) is 0 Å². The van der Waals surface area contributed by atoms with Gasteiger partial charge >= 0.3 is 0 Å². The molecule has 27 heavy (non-hydrogen) atoms. The first-order valence-electron chi connectivity index (χ1n) is 9.22. The molecular weight excluding hydrogens is 348 g/mol. The summed E-state index contributed by atoms with van der Waals surface area (Å²) in [5.74, 6) is -0.504. The standard InChI is InChI=1S/C21H25F2N3O/c1-15(24)14-20(27)25-10-12-26(13-11-25)21(16-2-6-18(22)7-3-16)17-4-8-19(23)9-5-17/h2-9,15,21H,10-14,24H2,1H3. The van der Waals surface area contributed by atoms with Crippen molar-refractivity contribution >= 4 is 5.91 Å². The highest BCUT2D eigenvalue weighted by Crippen LogP contribution is 2.30. The molecule has 6 heteroatoms. The number of carbonyl (C=O) groups excluding carboxylic acids is 1. The maximum absolute atomic E-state index is 13.4. The van der Waals surface area contributed by atoms with Crippen LogP contribution in [0.25, 0.3) is 0 Å². The van der Waals surface area contributed by atoms with Gasteiger partial charge in [-0.2, -0.15) is 0 Å². The molecule has 4 nitrogen and oxygen atoms in total. The lowest BCUT2D eigenvalue weighted by molar-refractivity contribution is -0.133. The fraction of sp³-hybridized carbons (Fsp3) is 0.381. The van der Waals surface area contributed by atoms with Gasteiger partial charge in [-0.3, -0.25) is 9.69 Å². The zero-order valence-corrected chi connectivity index (χ0v) is 15.4. The maximum atomic E-state index is 13.4. The Kier molecular flexibility index (Phi) is 6.19. The Labute approximate surface area is 158 Å². The molecule has 0 bridgehead atoms. The minimum atomic E-state index is -0.289. The molecule has 0 aromatic heterocycles. The van der Waals surface area contributed by atoms with E-state index in [9.17, 15) is 13.6 Å². The average molecular weight is 373 g/mol. The van der Waals surface area contributed by atoms with E-state index in [1.165, 1.54) is 24.3 Å². The van der Waals surface area contributed by atoms with Gasteiger partial charge in [0.25, 0.3) is 0 Å². The van der Waals surface area contributed by atoms with Gasteiger partial charge in [0.05, 0.1) is 6.04 Å². The number of nitrogens with two attached hydrogens (primary N) is 1. The van der Waals surface area contributed by atoms with Gasteiger partial charge in [0.1, 0.15) is 11.6 Å². The number of rotatable bonds is 5. The molecule has 144 valence electrons. The predicted molar refractivity (Wildman–Crippen MR) is 101 cm³/mol. The van der Waals surface area contributed by atoms with Crippen LogP contribution < -0.4 is 5.73 Å². The Morgan fingerprint density at radius 3 is 1.78 bits per heavy atom. The molecule has 1 unspecified atom stereocenters. The second kappa shape index (κ2) is 8.59. The fourth-order valence-corrected chi connectivity index (χ4v) is 3.54. The van der Waals surface area contributed by atoms with Crippen LogP contribution in [-0.4, -0.2) is 47.9 Å². The molecule has 0 saturated carbocycles. The second-order valence-electron chi connectivity index (χ2n) is 7.10. The van der Waals surface area contributed by atoms with Crippen LogP contribution in [0, 0.1) is 11.6 Å². The van der Waals surface area contributed by atoms with E-state index in [-0.39, 0.29) is 29.6 Å². The van der Waals surface area contributed by atoms with Crippen molar-refractivity contribution < 1.29 is 13.6 Å². The normalized spacial score (nSPS) is 16.6. The molecule has 1 amide bonds. The lowest BCUT2D eigenvalue weighted by Crippen LogP contribution is -2.50. The van der Waals surface area contributed by atoms with Crippen molar-refractivity contribution in [1.82, 2.24) is 9.80 Å².